The summed E-state index contributed by atoms with van der Waals surface area (Å²) in [4.78, 5) is 14.2. The monoisotopic (exact) mass is 253 g/mol. The van der Waals surface area contributed by atoms with Crippen LogP contribution in [-0.2, 0) is 4.79 Å². The average molecular weight is 253 g/mol. The Hall–Kier alpha value is -0.610. The van der Waals surface area contributed by atoms with Crippen molar-refractivity contribution in [3.63, 3.8) is 0 Å². The predicted octanol–water partition coefficient (Wildman–Crippen LogP) is 0.977. The molecule has 2 N–H and O–H groups in total. The van der Waals surface area contributed by atoms with Crippen molar-refractivity contribution in [1.82, 2.24) is 15.5 Å². The lowest BCUT2D eigenvalue weighted by Crippen LogP contribution is -2.32. The van der Waals surface area contributed by atoms with Gasteiger partial charge in [0.1, 0.15) is 0 Å². The molecule has 0 aromatic rings. The molecule has 104 valence electrons. The van der Waals surface area contributed by atoms with E-state index in [1.807, 2.05) is 0 Å². The van der Waals surface area contributed by atoms with E-state index in [2.05, 4.69) is 22.5 Å². The van der Waals surface area contributed by atoms with Gasteiger partial charge in [0.25, 0.3) is 0 Å². The Kier molecular flexibility index (Phi) is 5.45. The van der Waals surface area contributed by atoms with Crippen LogP contribution < -0.4 is 10.6 Å². The Morgan fingerprint density at radius 3 is 3.00 bits per heavy atom. The highest BCUT2D eigenvalue weighted by Gasteiger charge is 2.21. The second-order valence-corrected chi connectivity index (χ2v) is 5.68. The van der Waals surface area contributed by atoms with Gasteiger partial charge >= 0.3 is 0 Å². The van der Waals surface area contributed by atoms with Crippen LogP contribution in [0.15, 0.2) is 0 Å². The molecule has 4 nitrogen and oxygen atoms in total. The van der Waals surface area contributed by atoms with Crippen LogP contribution in [0.2, 0.25) is 0 Å². The molecular formula is C14H27N3O. The van der Waals surface area contributed by atoms with Crippen LogP contribution in [0.4, 0.5) is 0 Å². The number of carbonyl (C=O) groups is 1. The van der Waals surface area contributed by atoms with Gasteiger partial charge in [0.05, 0.1) is 0 Å². The first-order chi connectivity index (χ1) is 8.78. The second-order valence-electron chi connectivity index (χ2n) is 5.68. The van der Waals surface area contributed by atoms with Crippen LogP contribution in [0.3, 0.4) is 0 Å². The molecule has 18 heavy (non-hydrogen) atoms. The largest absolute Gasteiger partial charge is 0.356 e. The summed E-state index contributed by atoms with van der Waals surface area (Å²) >= 11 is 0. The molecule has 0 aromatic heterocycles. The standard InChI is InChI=1S/C14H27N3O/c1-2-17-9-7-12(11-17)10-16-14(18)6-5-13-4-3-8-15-13/h12-13,15H,2-11H2,1H3,(H,16,18). The van der Waals surface area contributed by atoms with Gasteiger partial charge in [-0.1, -0.05) is 6.92 Å². The van der Waals surface area contributed by atoms with Crippen molar-refractivity contribution in [1.29, 1.82) is 0 Å². The molecule has 0 saturated carbocycles. The first kappa shape index (κ1) is 13.8. The zero-order chi connectivity index (χ0) is 12.8. The van der Waals surface area contributed by atoms with Gasteiger partial charge in [-0.25, -0.2) is 0 Å². The van der Waals surface area contributed by atoms with Gasteiger partial charge in [-0.2, -0.15) is 0 Å². The molecule has 2 unspecified atom stereocenters. The Balaban J connectivity index is 1.54. The second kappa shape index (κ2) is 7.10. The van der Waals surface area contributed by atoms with Crippen LogP contribution >= 0.6 is 0 Å². The minimum absolute atomic E-state index is 0.235. The molecule has 0 spiro atoms. The smallest absolute Gasteiger partial charge is 0.220 e. The van der Waals surface area contributed by atoms with Gasteiger partial charge in [0, 0.05) is 25.6 Å². The molecule has 0 aromatic carbocycles. The van der Waals surface area contributed by atoms with Gasteiger partial charge in [-0.3, -0.25) is 4.79 Å². The number of amides is 1. The normalized spacial score (nSPS) is 28.7. The Labute approximate surface area is 110 Å². The first-order valence-corrected chi connectivity index (χ1v) is 7.50. The zero-order valence-corrected chi connectivity index (χ0v) is 11.6. The summed E-state index contributed by atoms with van der Waals surface area (Å²) in [5, 5.41) is 6.54. The highest BCUT2D eigenvalue weighted by atomic mass is 16.1. The fourth-order valence-electron chi connectivity index (χ4n) is 3.02. The number of hydrogen-bond donors (Lipinski definition) is 2. The van der Waals surface area contributed by atoms with Crippen molar-refractivity contribution in [2.24, 2.45) is 5.92 Å². The van der Waals surface area contributed by atoms with Gasteiger partial charge in [0.2, 0.25) is 5.91 Å². The number of likely N-dealkylation sites (tertiary alicyclic amines) is 1. The van der Waals surface area contributed by atoms with E-state index >= 15 is 0 Å². The van der Waals surface area contributed by atoms with Crippen LogP contribution in [-0.4, -0.2) is 49.6 Å². The van der Waals surface area contributed by atoms with Crippen molar-refractivity contribution in [3.8, 4) is 0 Å². The molecule has 2 saturated heterocycles. The minimum atomic E-state index is 0.235. The average Bonchev–Trinajstić information content (AvgIpc) is 3.04. The van der Waals surface area contributed by atoms with E-state index in [1.54, 1.807) is 0 Å². The van der Waals surface area contributed by atoms with Gasteiger partial charge in [-0.05, 0) is 51.2 Å². The molecule has 0 bridgehead atoms. The first-order valence-electron chi connectivity index (χ1n) is 7.50. The number of hydrogen-bond acceptors (Lipinski definition) is 3. The topological polar surface area (TPSA) is 44.4 Å². The van der Waals surface area contributed by atoms with Crippen molar-refractivity contribution in [3.05, 3.63) is 0 Å². The molecule has 2 rings (SSSR count). The van der Waals surface area contributed by atoms with Gasteiger partial charge in [0.15, 0.2) is 0 Å². The van der Waals surface area contributed by atoms with E-state index in [1.165, 1.54) is 25.8 Å². The maximum Gasteiger partial charge on any atom is 0.220 e. The summed E-state index contributed by atoms with van der Waals surface area (Å²) in [6, 6.07) is 0.581. The number of nitrogens with one attached hydrogen (secondary N) is 2. The highest BCUT2D eigenvalue weighted by molar-refractivity contribution is 5.75. The van der Waals surface area contributed by atoms with Crippen molar-refractivity contribution in [2.45, 2.75) is 45.1 Å². The molecule has 1 amide bonds. The van der Waals surface area contributed by atoms with Crippen molar-refractivity contribution in [2.75, 3.05) is 32.7 Å². The van der Waals surface area contributed by atoms with Gasteiger partial charge < -0.3 is 15.5 Å². The van der Waals surface area contributed by atoms with Crippen molar-refractivity contribution < 1.29 is 4.79 Å². The van der Waals surface area contributed by atoms with E-state index in [9.17, 15) is 4.79 Å². The zero-order valence-electron chi connectivity index (χ0n) is 11.6. The summed E-state index contributed by atoms with van der Waals surface area (Å²) in [6.45, 7) is 7.69. The molecule has 2 heterocycles. The van der Waals surface area contributed by atoms with E-state index < -0.39 is 0 Å². The molecule has 4 heteroatoms. The van der Waals surface area contributed by atoms with Gasteiger partial charge in [-0.15, -0.1) is 0 Å². The summed E-state index contributed by atoms with van der Waals surface area (Å²) in [5.74, 6) is 0.900. The number of rotatable bonds is 6. The third-order valence-electron chi connectivity index (χ3n) is 4.29. The quantitative estimate of drug-likeness (QED) is 0.741. The van der Waals surface area contributed by atoms with Crippen molar-refractivity contribution >= 4 is 5.91 Å². The fourth-order valence-corrected chi connectivity index (χ4v) is 3.02. The van der Waals surface area contributed by atoms with E-state index in [-0.39, 0.29) is 5.91 Å². The van der Waals surface area contributed by atoms with Crippen LogP contribution in [0.25, 0.3) is 0 Å². The highest BCUT2D eigenvalue weighted by Crippen LogP contribution is 2.15. The number of carbonyl (C=O) groups excluding carboxylic acids is 1. The Bertz CT molecular complexity index is 264. The third kappa shape index (κ3) is 4.25. The lowest BCUT2D eigenvalue weighted by molar-refractivity contribution is -0.121. The number of nitrogens with zero attached hydrogens (tertiary/aromatic N) is 1. The molecular weight excluding hydrogens is 226 g/mol. The fraction of sp³-hybridized carbons (Fsp3) is 0.929. The summed E-state index contributed by atoms with van der Waals surface area (Å²) < 4.78 is 0. The molecule has 2 aliphatic heterocycles. The predicted molar refractivity (Wildman–Crippen MR) is 73.5 cm³/mol. The third-order valence-corrected chi connectivity index (χ3v) is 4.29. The lowest BCUT2D eigenvalue weighted by atomic mass is 10.1. The molecule has 2 atom stereocenters. The Morgan fingerprint density at radius 1 is 1.44 bits per heavy atom. The van der Waals surface area contributed by atoms with Crippen LogP contribution in [0.5, 0.6) is 0 Å². The Morgan fingerprint density at radius 2 is 2.33 bits per heavy atom. The SMILES string of the molecule is CCN1CCC(CNC(=O)CCC2CCCN2)C1. The maximum absolute atomic E-state index is 11.8. The van der Waals surface area contributed by atoms with E-state index in [4.69, 9.17) is 0 Å². The summed E-state index contributed by atoms with van der Waals surface area (Å²) in [6.07, 6.45) is 5.42. The summed E-state index contributed by atoms with van der Waals surface area (Å²) in [7, 11) is 0. The van der Waals surface area contributed by atoms with E-state index in [0.29, 0.717) is 18.4 Å². The van der Waals surface area contributed by atoms with Crippen LogP contribution in [0.1, 0.15) is 39.0 Å². The van der Waals surface area contributed by atoms with E-state index in [0.717, 1.165) is 32.6 Å². The lowest BCUT2D eigenvalue weighted by Gasteiger charge is -2.14. The maximum atomic E-state index is 11.8. The van der Waals surface area contributed by atoms with Crippen LogP contribution in [0, 0.1) is 5.92 Å². The molecule has 0 aliphatic carbocycles. The molecule has 0 radical (unpaired) electrons. The minimum Gasteiger partial charge on any atom is -0.356 e. The molecule has 2 fully saturated rings. The summed E-state index contributed by atoms with van der Waals surface area (Å²) in [5.41, 5.74) is 0. The molecule has 2 aliphatic rings.